The Kier molecular flexibility index (Phi) is 4.90. The van der Waals surface area contributed by atoms with Crippen molar-refractivity contribution in [3.05, 3.63) is 49.2 Å². The lowest BCUT2D eigenvalue weighted by Crippen LogP contribution is -2.04. The number of ether oxygens (including phenoxy) is 1. The largest absolute Gasteiger partial charge is 0.495 e. The van der Waals surface area contributed by atoms with E-state index in [4.69, 9.17) is 16.3 Å². The summed E-state index contributed by atoms with van der Waals surface area (Å²) in [6, 6.07) is 5.73. The van der Waals surface area contributed by atoms with Gasteiger partial charge in [-0.2, -0.15) is 0 Å². The number of aromatic nitrogens is 1. The number of nitrogens with zero attached hydrogens (tertiary/aromatic N) is 1. The van der Waals surface area contributed by atoms with Gasteiger partial charge < -0.3 is 14.4 Å². The molecule has 24 heavy (non-hydrogen) atoms. The van der Waals surface area contributed by atoms with E-state index in [0.29, 0.717) is 17.3 Å². The molecule has 0 unspecified atom stereocenters. The Morgan fingerprint density at radius 1 is 1.42 bits per heavy atom. The van der Waals surface area contributed by atoms with Crippen molar-refractivity contribution in [1.29, 1.82) is 0 Å². The van der Waals surface area contributed by atoms with Crippen molar-refractivity contribution < 1.29 is 14.6 Å². The van der Waals surface area contributed by atoms with E-state index in [2.05, 4.69) is 31.9 Å². The first-order valence-corrected chi connectivity index (χ1v) is 9.25. The topological polar surface area (TPSA) is 51.5 Å². The fourth-order valence-electron chi connectivity index (χ4n) is 2.89. The number of fused-ring (bicyclic) bond motifs is 1. The Labute approximate surface area is 156 Å². The molecule has 0 bridgehead atoms. The number of hydrogen-bond donors (Lipinski definition) is 1. The third kappa shape index (κ3) is 3.18. The fourth-order valence-corrected chi connectivity index (χ4v) is 4.33. The SMILES string of the molecule is COc1cc2c(CC(=O)O)c(C)n(Cc3csc(Br)c3)c2cc1Cl. The van der Waals surface area contributed by atoms with Gasteiger partial charge in [0.15, 0.2) is 0 Å². The Morgan fingerprint density at radius 2 is 2.17 bits per heavy atom. The van der Waals surface area contributed by atoms with Crippen LogP contribution in [0.4, 0.5) is 0 Å². The molecule has 3 rings (SSSR count). The maximum atomic E-state index is 11.3. The van der Waals surface area contributed by atoms with E-state index in [1.54, 1.807) is 18.4 Å². The van der Waals surface area contributed by atoms with Gasteiger partial charge in [-0.25, -0.2) is 0 Å². The zero-order valence-corrected chi connectivity index (χ0v) is 16.3. The summed E-state index contributed by atoms with van der Waals surface area (Å²) in [6.07, 6.45) is -0.0343. The molecule has 0 atom stereocenters. The highest BCUT2D eigenvalue weighted by atomic mass is 79.9. The van der Waals surface area contributed by atoms with E-state index < -0.39 is 5.97 Å². The maximum Gasteiger partial charge on any atom is 0.307 e. The number of thiophene rings is 1. The Bertz CT molecular complexity index is 932. The highest BCUT2D eigenvalue weighted by molar-refractivity contribution is 9.11. The van der Waals surface area contributed by atoms with Gasteiger partial charge in [0.1, 0.15) is 5.75 Å². The molecule has 0 fully saturated rings. The van der Waals surface area contributed by atoms with Crippen LogP contribution >= 0.6 is 38.9 Å². The number of halogens is 2. The normalized spacial score (nSPS) is 11.2. The summed E-state index contributed by atoms with van der Waals surface area (Å²) in [4.78, 5) is 11.3. The van der Waals surface area contributed by atoms with Crippen LogP contribution in [0.25, 0.3) is 10.9 Å². The predicted octanol–water partition coefficient (Wildman–Crippen LogP) is 5.11. The first-order chi connectivity index (χ1) is 11.4. The van der Waals surface area contributed by atoms with Gasteiger partial charge in [0.05, 0.1) is 27.9 Å². The molecule has 4 nitrogen and oxygen atoms in total. The lowest BCUT2D eigenvalue weighted by molar-refractivity contribution is -0.136. The molecule has 0 aliphatic carbocycles. The van der Waals surface area contributed by atoms with Gasteiger partial charge in [0, 0.05) is 17.6 Å². The van der Waals surface area contributed by atoms with Gasteiger partial charge in [-0.05, 0) is 57.6 Å². The van der Waals surface area contributed by atoms with Crippen molar-refractivity contribution in [3.63, 3.8) is 0 Å². The predicted molar refractivity (Wildman–Crippen MR) is 101 cm³/mol. The zero-order chi connectivity index (χ0) is 17.4. The summed E-state index contributed by atoms with van der Waals surface area (Å²) >= 11 is 11.4. The minimum Gasteiger partial charge on any atom is -0.495 e. The Morgan fingerprint density at radius 3 is 2.75 bits per heavy atom. The minimum atomic E-state index is -0.857. The van der Waals surface area contributed by atoms with E-state index in [1.807, 2.05) is 19.1 Å². The van der Waals surface area contributed by atoms with Crippen LogP contribution in [0.3, 0.4) is 0 Å². The van der Waals surface area contributed by atoms with Gasteiger partial charge in [-0.1, -0.05) is 11.6 Å². The second kappa shape index (κ2) is 6.78. The standard InChI is InChI=1S/C17H15BrClNO3S/c1-9-11(5-17(21)22)12-4-15(23-2)13(19)6-14(12)20(9)7-10-3-16(18)24-8-10/h3-4,6,8H,5,7H2,1-2H3,(H,21,22). The van der Waals surface area contributed by atoms with Crippen molar-refractivity contribution in [2.45, 2.75) is 19.9 Å². The summed E-state index contributed by atoms with van der Waals surface area (Å²) in [5.74, 6) is -0.310. The highest BCUT2D eigenvalue weighted by Gasteiger charge is 2.19. The number of hydrogen-bond acceptors (Lipinski definition) is 3. The summed E-state index contributed by atoms with van der Waals surface area (Å²) in [5.41, 5.74) is 3.79. The lowest BCUT2D eigenvalue weighted by Gasteiger charge is -2.08. The third-order valence-corrected chi connectivity index (χ3v) is 5.87. The number of carboxylic acid groups (broad SMARTS) is 1. The molecule has 0 saturated carbocycles. The average Bonchev–Trinajstić information content (AvgIpc) is 3.03. The third-order valence-electron chi connectivity index (χ3n) is 4.02. The van der Waals surface area contributed by atoms with Crippen LogP contribution in [0.15, 0.2) is 27.4 Å². The molecule has 2 aromatic heterocycles. The Balaban J connectivity index is 2.21. The van der Waals surface area contributed by atoms with Gasteiger partial charge >= 0.3 is 5.97 Å². The molecule has 0 aliphatic rings. The van der Waals surface area contributed by atoms with Gasteiger partial charge in [0.25, 0.3) is 0 Å². The number of methoxy groups -OCH3 is 1. The van der Waals surface area contributed by atoms with Crippen LogP contribution in [-0.4, -0.2) is 22.8 Å². The summed E-state index contributed by atoms with van der Waals surface area (Å²) in [6.45, 7) is 2.60. The van der Waals surface area contributed by atoms with Crippen LogP contribution in [0.1, 0.15) is 16.8 Å². The van der Waals surface area contributed by atoms with Gasteiger partial charge in [0.2, 0.25) is 0 Å². The fraction of sp³-hybridized carbons (Fsp3) is 0.235. The molecule has 0 spiro atoms. The highest BCUT2D eigenvalue weighted by Crippen LogP contribution is 2.35. The lowest BCUT2D eigenvalue weighted by atomic mass is 10.1. The quantitative estimate of drug-likeness (QED) is 0.614. The number of carboxylic acids is 1. The first-order valence-electron chi connectivity index (χ1n) is 7.20. The van der Waals surface area contributed by atoms with E-state index in [-0.39, 0.29) is 6.42 Å². The number of rotatable bonds is 5. The Hall–Kier alpha value is -1.50. The zero-order valence-electron chi connectivity index (χ0n) is 13.1. The summed E-state index contributed by atoms with van der Waals surface area (Å²) < 4.78 is 8.46. The van der Waals surface area contributed by atoms with Crippen molar-refractivity contribution in [3.8, 4) is 5.75 Å². The molecule has 2 heterocycles. The maximum absolute atomic E-state index is 11.3. The minimum absolute atomic E-state index is 0.0343. The van der Waals surface area contributed by atoms with Crippen molar-refractivity contribution in [1.82, 2.24) is 4.57 Å². The van der Waals surface area contributed by atoms with E-state index in [1.165, 1.54) is 0 Å². The molecular formula is C17H15BrClNO3S. The molecule has 0 saturated heterocycles. The van der Waals surface area contributed by atoms with Crippen molar-refractivity contribution in [2.24, 2.45) is 0 Å². The van der Waals surface area contributed by atoms with Crippen LogP contribution in [0, 0.1) is 6.92 Å². The monoisotopic (exact) mass is 427 g/mol. The molecule has 7 heteroatoms. The molecule has 3 aromatic rings. The van der Waals surface area contributed by atoms with E-state index >= 15 is 0 Å². The van der Waals surface area contributed by atoms with E-state index in [0.717, 1.165) is 31.5 Å². The summed E-state index contributed by atoms with van der Waals surface area (Å²) in [5, 5.41) is 12.7. The second-order valence-corrected chi connectivity index (χ2v) is 8.18. The average molecular weight is 429 g/mol. The van der Waals surface area contributed by atoms with Crippen LogP contribution in [0.2, 0.25) is 5.02 Å². The van der Waals surface area contributed by atoms with Crippen molar-refractivity contribution in [2.75, 3.05) is 7.11 Å². The smallest absolute Gasteiger partial charge is 0.307 e. The van der Waals surface area contributed by atoms with Crippen LogP contribution in [0.5, 0.6) is 5.75 Å². The van der Waals surface area contributed by atoms with Gasteiger partial charge in [-0.15, -0.1) is 11.3 Å². The molecule has 126 valence electrons. The van der Waals surface area contributed by atoms with Crippen LogP contribution < -0.4 is 4.74 Å². The van der Waals surface area contributed by atoms with Crippen molar-refractivity contribution >= 4 is 55.7 Å². The molecule has 0 amide bonds. The molecule has 0 radical (unpaired) electrons. The molecular weight excluding hydrogens is 414 g/mol. The van der Waals surface area contributed by atoms with Crippen LogP contribution in [-0.2, 0) is 17.8 Å². The number of aliphatic carboxylic acids is 1. The summed E-state index contributed by atoms with van der Waals surface area (Å²) in [7, 11) is 1.55. The molecule has 0 aliphatic heterocycles. The van der Waals surface area contributed by atoms with Gasteiger partial charge in [-0.3, -0.25) is 4.79 Å². The van der Waals surface area contributed by atoms with E-state index in [9.17, 15) is 9.90 Å². The molecule has 1 aromatic carbocycles. The number of benzene rings is 1. The number of carbonyl (C=O) groups is 1. The first kappa shape index (κ1) is 17.3. The second-order valence-electron chi connectivity index (χ2n) is 5.48. The molecule has 1 N–H and O–H groups in total.